The highest BCUT2D eigenvalue weighted by molar-refractivity contribution is 5.90. The van der Waals surface area contributed by atoms with E-state index < -0.39 is 0 Å². The Morgan fingerprint density at radius 3 is 2.45 bits per heavy atom. The Kier molecular flexibility index (Phi) is 6.46. The molecule has 0 radical (unpaired) electrons. The Hall–Kier alpha value is -2.15. The maximum Gasteiger partial charge on any atom is 0.321 e. The van der Waals surface area contributed by atoms with E-state index in [4.69, 9.17) is 0 Å². The summed E-state index contributed by atoms with van der Waals surface area (Å²) in [5, 5.41) is 2.84. The summed E-state index contributed by atoms with van der Waals surface area (Å²) in [6.07, 6.45) is 1.97. The summed E-state index contributed by atoms with van der Waals surface area (Å²) in [6.45, 7) is 12.2. The third-order valence-electron chi connectivity index (χ3n) is 6.54. The number of anilines is 1. The molecule has 0 saturated carbocycles. The summed E-state index contributed by atoms with van der Waals surface area (Å²) in [5.41, 5.74) is 0.970. The molecule has 1 aromatic carbocycles. The first kappa shape index (κ1) is 21.6. The van der Waals surface area contributed by atoms with Gasteiger partial charge in [-0.1, -0.05) is 26.8 Å². The molecular formula is C22H33FN4O2. The van der Waals surface area contributed by atoms with Gasteiger partial charge in [-0.25, -0.2) is 9.18 Å². The molecule has 2 fully saturated rings. The van der Waals surface area contributed by atoms with Crippen molar-refractivity contribution in [3.05, 3.63) is 29.6 Å². The molecule has 7 heteroatoms. The van der Waals surface area contributed by atoms with E-state index in [2.05, 4.69) is 17.1 Å². The average molecular weight is 405 g/mol. The number of likely N-dealkylation sites (tertiary alicyclic amines) is 1. The van der Waals surface area contributed by atoms with Crippen LogP contribution in [0.5, 0.6) is 0 Å². The van der Waals surface area contributed by atoms with Crippen LogP contribution in [0.2, 0.25) is 0 Å². The van der Waals surface area contributed by atoms with Crippen molar-refractivity contribution in [2.24, 2.45) is 5.92 Å². The second-order valence-electron chi connectivity index (χ2n) is 8.56. The van der Waals surface area contributed by atoms with E-state index in [1.807, 2.05) is 18.7 Å². The molecule has 0 bridgehead atoms. The van der Waals surface area contributed by atoms with E-state index in [1.165, 1.54) is 6.07 Å². The van der Waals surface area contributed by atoms with Crippen LogP contribution < -0.4 is 5.32 Å². The quantitative estimate of drug-likeness (QED) is 0.838. The van der Waals surface area contributed by atoms with Crippen LogP contribution in [-0.2, 0) is 4.79 Å². The molecule has 1 atom stereocenters. The Morgan fingerprint density at radius 2 is 1.83 bits per heavy atom. The Labute approximate surface area is 173 Å². The van der Waals surface area contributed by atoms with Gasteiger partial charge in [-0.15, -0.1) is 0 Å². The minimum Gasteiger partial charge on any atom is -0.341 e. The lowest BCUT2D eigenvalue weighted by Gasteiger charge is -2.45. The highest BCUT2D eigenvalue weighted by Crippen LogP contribution is 2.33. The van der Waals surface area contributed by atoms with E-state index in [0.29, 0.717) is 24.3 Å². The summed E-state index contributed by atoms with van der Waals surface area (Å²) in [6, 6.07) is 4.53. The second-order valence-corrected chi connectivity index (χ2v) is 8.56. The van der Waals surface area contributed by atoms with Gasteiger partial charge in [-0.05, 0) is 31.9 Å². The van der Waals surface area contributed by atoms with Crippen LogP contribution >= 0.6 is 0 Å². The predicted molar refractivity (Wildman–Crippen MR) is 112 cm³/mol. The van der Waals surface area contributed by atoms with Crippen LogP contribution in [-0.4, -0.2) is 71.4 Å². The number of hydrogen-bond donors (Lipinski definition) is 1. The SMILES string of the molecule is CCC1(N2CCN(C(=O)Nc3cccc(F)c3C)CC2)CCN(C(=O)C(C)C)C1. The van der Waals surface area contributed by atoms with Gasteiger partial charge in [-0.2, -0.15) is 0 Å². The number of rotatable bonds is 4. The van der Waals surface area contributed by atoms with Crippen LogP contribution in [0.15, 0.2) is 18.2 Å². The van der Waals surface area contributed by atoms with Crippen LogP contribution in [0.25, 0.3) is 0 Å². The molecule has 160 valence electrons. The minimum atomic E-state index is -0.320. The molecule has 3 amide bonds. The van der Waals surface area contributed by atoms with E-state index in [-0.39, 0.29) is 29.2 Å². The number of amides is 3. The van der Waals surface area contributed by atoms with Gasteiger partial charge in [0.2, 0.25) is 5.91 Å². The monoisotopic (exact) mass is 404 g/mol. The highest BCUT2D eigenvalue weighted by atomic mass is 19.1. The Morgan fingerprint density at radius 1 is 1.14 bits per heavy atom. The smallest absolute Gasteiger partial charge is 0.321 e. The summed E-state index contributed by atoms with van der Waals surface area (Å²) in [5.74, 6) is -0.0717. The number of nitrogens with one attached hydrogen (secondary N) is 1. The van der Waals surface area contributed by atoms with Crippen LogP contribution in [0.4, 0.5) is 14.9 Å². The van der Waals surface area contributed by atoms with Crippen molar-refractivity contribution in [2.75, 3.05) is 44.6 Å². The molecule has 0 aliphatic carbocycles. The van der Waals surface area contributed by atoms with E-state index in [1.54, 1.807) is 24.0 Å². The molecule has 0 aromatic heterocycles. The number of benzene rings is 1. The molecule has 6 nitrogen and oxygen atoms in total. The third-order valence-corrected chi connectivity index (χ3v) is 6.54. The van der Waals surface area contributed by atoms with Crippen molar-refractivity contribution >= 4 is 17.6 Å². The average Bonchev–Trinajstić information content (AvgIpc) is 3.16. The highest BCUT2D eigenvalue weighted by Gasteiger charge is 2.44. The lowest BCUT2D eigenvalue weighted by Crippen LogP contribution is -2.59. The predicted octanol–water partition coefficient (Wildman–Crippen LogP) is 3.32. The normalized spacial score (nSPS) is 23.0. The first-order chi connectivity index (χ1) is 13.8. The molecule has 29 heavy (non-hydrogen) atoms. The van der Waals surface area contributed by atoms with Crippen LogP contribution in [0.3, 0.4) is 0 Å². The molecule has 2 saturated heterocycles. The second kappa shape index (κ2) is 8.69. The van der Waals surface area contributed by atoms with Gasteiger partial charge in [0, 0.05) is 62.0 Å². The zero-order valence-electron chi connectivity index (χ0n) is 18.0. The number of urea groups is 1. The first-order valence-electron chi connectivity index (χ1n) is 10.6. The molecule has 3 rings (SSSR count). The largest absolute Gasteiger partial charge is 0.341 e. The first-order valence-corrected chi connectivity index (χ1v) is 10.6. The molecule has 1 N–H and O–H groups in total. The Bertz CT molecular complexity index is 761. The van der Waals surface area contributed by atoms with Crippen molar-refractivity contribution in [2.45, 2.75) is 46.1 Å². The summed E-state index contributed by atoms with van der Waals surface area (Å²) >= 11 is 0. The van der Waals surface area contributed by atoms with Crippen molar-refractivity contribution in [3.63, 3.8) is 0 Å². The number of carbonyl (C=O) groups excluding carboxylic acids is 2. The van der Waals surface area contributed by atoms with E-state index in [9.17, 15) is 14.0 Å². The minimum absolute atomic E-state index is 0.00621. The Balaban J connectivity index is 1.59. The van der Waals surface area contributed by atoms with Crippen molar-refractivity contribution < 1.29 is 14.0 Å². The van der Waals surface area contributed by atoms with Crippen LogP contribution in [0.1, 0.15) is 39.2 Å². The number of halogens is 1. The van der Waals surface area contributed by atoms with Gasteiger partial charge < -0.3 is 15.1 Å². The fourth-order valence-electron chi connectivity index (χ4n) is 4.50. The van der Waals surface area contributed by atoms with Gasteiger partial charge >= 0.3 is 6.03 Å². The molecule has 2 aliphatic heterocycles. The summed E-state index contributed by atoms with van der Waals surface area (Å²) in [7, 11) is 0. The fraction of sp³-hybridized carbons (Fsp3) is 0.636. The van der Waals surface area contributed by atoms with Gasteiger partial charge in [-0.3, -0.25) is 9.69 Å². The number of piperazine rings is 1. The molecule has 0 spiro atoms. The third kappa shape index (κ3) is 4.39. The molecule has 2 heterocycles. The number of hydrogen-bond acceptors (Lipinski definition) is 3. The summed E-state index contributed by atoms with van der Waals surface area (Å²) < 4.78 is 13.7. The van der Waals surface area contributed by atoms with Crippen molar-refractivity contribution in [1.82, 2.24) is 14.7 Å². The molecule has 2 aliphatic rings. The van der Waals surface area contributed by atoms with E-state index in [0.717, 1.165) is 39.0 Å². The van der Waals surface area contributed by atoms with Gasteiger partial charge in [0.1, 0.15) is 5.82 Å². The van der Waals surface area contributed by atoms with E-state index >= 15 is 0 Å². The van der Waals surface area contributed by atoms with Crippen molar-refractivity contribution in [3.8, 4) is 0 Å². The molecular weight excluding hydrogens is 371 g/mol. The lowest BCUT2D eigenvalue weighted by molar-refractivity contribution is -0.134. The maximum absolute atomic E-state index is 13.7. The summed E-state index contributed by atoms with van der Waals surface area (Å²) in [4.78, 5) is 31.3. The molecule has 1 aromatic rings. The number of nitrogens with zero attached hydrogens (tertiary/aromatic N) is 3. The van der Waals surface area contributed by atoms with Crippen molar-refractivity contribution in [1.29, 1.82) is 0 Å². The topological polar surface area (TPSA) is 55.9 Å². The zero-order valence-corrected chi connectivity index (χ0v) is 18.0. The maximum atomic E-state index is 13.7. The standard InChI is InChI=1S/C22H33FN4O2/c1-5-22(9-10-26(15-22)20(28)16(2)3)27-13-11-25(12-14-27)21(29)24-19-8-6-7-18(23)17(19)4/h6-8,16H,5,9-15H2,1-4H3,(H,24,29). The lowest BCUT2D eigenvalue weighted by atomic mass is 9.92. The zero-order chi connectivity index (χ0) is 21.2. The fourth-order valence-corrected chi connectivity index (χ4v) is 4.50. The van der Waals surface area contributed by atoms with Gasteiger partial charge in [0.25, 0.3) is 0 Å². The van der Waals surface area contributed by atoms with Gasteiger partial charge in [0.15, 0.2) is 0 Å². The van der Waals surface area contributed by atoms with Crippen LogP contribution in [0, 0.1) is 18.7 Å². The molecule has 1 unspecified atom stereocenters. The van der Waals surface area contributed by atoms with Gasteiger partial charge in [0.05, 0.1) is 0 Å². The number of carbonyl (C=O) groups is 2.